The van der Waals surface area contributed by atoms with Gasteiger partial charge in [0.1, 0.15) is 11.4 Å². The predicted octanol–water partition coefficient (Wildman–Crippen LogP) is 1.57. The fraction of sp³-hybridized carbons (Fsp3) is 0.308. The summed E-state index contributed by atoms with van der Waals surface area (Å²) in [5.74, 6) is -1.37. The first-order valence-electron chi connectivity index (χ1n) is 5.75. The molecule has 94 valence electrons. The SMILES string of the molecule is C=CCN(C(=O)c1cccc(C(=O)O)n1)C1CC1. The second-order valence-corrected chi connectivity index (χ2v) is 4.19. The summed E-state index contributed by atoms with van der Waals surface area (Å²) >= 11 is 0. The van der Waals surface area contributed by atoms with E-state index >= 15 is 0 Å². The second kappa shape index (κ2) is 5.00. The molecule has 0 aromatic carbocycles. The Hall–Kier alpha value is -2.17. The average Bonchev–Trinajstić information content (AvgIpc) is 3.19. The maximum absolute atomic E-state index is 12.2. The van der Waals surface area contributed by atoms with Crippen LogP contribution >= 0.6 is 0 Å². The van der Waals surface area contributed by atoms with Gasteiger partial charge in [-0.15, -0.1) is 6.58 Å². The zero-order valence-electron chi connectivity index (χ0n) is 9.87. The molecule has 1 fully saturated rings. The number of hydrogen-bond acceptors (Lipinski definition) is 3. The van der Waals surface area contributed by atoms with E-state index in [9.17, 15) is 9.59 Å². The van der Waals surface area contributed by atoms with Crippen LogP contribution in [-0.4, -0.2) is 39.5 Å². The van der Waals surface area contributed by atoms with E-state index in [0.29, 0.717) is 6.54 Å². The molecular weight excluding hydrogens is 232 g/mol. The van der Waals surface area contributed by atoms with Gasteiger partial charge in [-0.05, 0) is 25.0 Å². The number of carboxylic acids is 1. The van der Waals surface area contributed by atoms with E-state index in [-0.39, 0.29) is 23.3 Å². The molecule has 5 heteroatoms. The Morgan fingerprint density at radius 3 is 2.67 bits per heavy atom. The molecule has 1 heterocycles. The molecule has 1 aromatic heterocycles. The molecule has 0 spiro atoms. The number of hydrogen-bond donors (Lipinski definition) is 1. The predicted molar refractivity (Wildman–Crippen MR) is 65.5 cm³/mol. The van der Waals surface area contributed by atoms with Crippen molar-refractivity contribution >= 4 is 11.9 Å². The molecule has 0 unspecified atom stereocenters. The minimum Gasteiger partial charge on any atom is -0.477 e. The number of aromatic nitrogens is 1. The smallest absolute Gasteiger partial charge is 0.354 e. The van der Waals surface area contributed by atoms with Gasteiger partial charge in [-0.2, -0.15) is 0 Å². The first-order chi connectivity index (χ1) is 8.63. The molecule has 0 radical (unpaired) electrons. The summed E-state index contributed by atoms with van der Waals surface area (Å²) in [5, 5.41) is 8.85. The maximum Gasteiger partial charge on any atom is 0.354 e. The summed E-state index contributed by atoms with van der Waals surface area (Å²) in [6.07, 6.45) is 3.63. The van der Waals surface area contributed by atoms with Crippen LogP contribution in [0.25, 0.3) is 0 Å². The van der Waals surface area contributed by atoms with Crippen molar-refractivity contribution in [1.29, 1.82) is 0 Å². The van der Waals surface area contributed by atoms with Gasteiger partial charge in [0.05, 0.1) is 0 Å². The molecule has 18 heavy (non-hydrogen) atoms. The van der Waals surface area contributed by atoms with Crippen molar-refractivity contribution < 1.29 is 14.7 Å². The molecular formula is C13H14N2O3. The van der Waals surface area contributed by atoms with Crippen LogP contribution < -0.4 is 0 Å². The van der Waals surface area contributed by atoms with Crippen molar-refractivity contribution in [1.82, 2.24) is 9.88 Å². The Morgan fingerprint density at radius 1 is 1.44 bits per heavy atom. The maximum atomic E-state index is 12.2. The highest BCUT2D eigenvalue weighted by Crippen LogP contribution is 2.27. The summed E-state index contributed by atoms with van der Waals surface area (Å²) in [5.41, 5.74) is 0.0545. The van der Waals surface area contributed by atoms with Gasteiger partial charge in [-0.25, -0.2) is 9.78 Å². The van der Waals surface area contributed by atoms with Crippen LogP contribution in [0, 0.1) is 0 Å². The largest absolute Gasteiger partial charge is 0.477 e. The summed E-state index contributed by atoms with van der Waals surface area (Å²) in [4.78, 5) is 28.6. The highest BCUT2D eigenvalue weighted by Gasteiger charge is 2.32. The topological polar surface area (TPSA) is 70.5 Å². The highest BCUT2D eigenvalue weighted by atomic mass is 16.4. The van der Waals surface area contributed by atoms with Crippen molar-refractivity contribution in [2.45, 2.75) is 18.9 Å². The van der Waals surface area contributed by atoms with Gasteiger partial charge >= 0.3 is 5.97 Å². The summed E-state index contributed by atoms with van der Waals surface area (Å²) < 4.78 is 0. The van der Waals surface area contributed by atoms with Gasteiger partial charge in [0.25, 0.3) is 5.91 Å². The summed E-state index contributed by atoms with van der Waals surface area (Å²) in [6.45, 7) is 4.08. The fourth-order valence-corrected chi connectivity index (χ4v) is 1.74. The van der Waals surface area contributed by atoms with Crippen LogP contribution in [0.2, 0.25) is 0 Å². The van der Waals surface area contributed by atoms with Gasteiger partial charge in [-0.1, -0.05) is 12.1 Å². The molecule has 0 bridgehead atoms. The van der Waals surface area contributed by atoms with Crippen LogP contribution in [0.15, 0.2) is 30.9 Å². The van der Waals surface area contributed by atoms with Crippen LogP contribution in [0.3, 0.4) is 0 Å². The van der Waals surface area contributed by atoms with Crippen LogP contribution in [-0.2, 0) is 0 Å². The van der Waals surface area contributed by atoms with Crippen LogP contribution in [0.1, 0.15) is 33.8 Å². The van der Waals surface area contributed by atoms with Gasteiger partial charge in [0.2, 0.25) is 0 Å². The van der Waals surface area contributed by atoms with Crippen LogP contribution in [0.5, 0.6) is 0 Å². The number of aromatic carboxylic acids is 1. The van der Waals surface area contributed by atoms with E-state index in [1.54, 1.807) is 11.0 Å². The van der Waals surface area contributed by atoms with Gasteiger partial charge in [0, 0.05) is 12.6 Å². The Morgan fingerprint density at radius 2 is 2.11 bits per heavy atom. The molecule has 2 rings (SSSR count). The van der Waals surface area contributed by atoms with Crippen molar-refractivity contribution in [3.05, 3.63) is 42.2 Å². The Labute approximate surface area is 105 Å². The molecule has 1 aromatic rings. The van der Waals surface area contributed by atoms with Crippen molar-refractivity contribution in [2.75, 3.05) is 6.54 Å². The number of amides is 1. The molecule has 1 amide bonds. The number of pyridine rings is 1. The molecule has 1 saturated carbocycles. The second-order valence-electron chi connectivity index (χ2n) is 4.19. The lowest BCUT2D eigenvalue weighted by molar-refractivity contribution is 0.0690. The minimum atomic E-state index is -1.13. The third kappa shape index (κ3) is 2.56. The first kappa shape index (κ1) is 12.3. The lowest BCUT2D eigenvalue weighted by Crippen LogP contribution is -2.34. The molecule has 5 nitrogen and oxygen atoms in total. The Balaban J connectivity index is 2.23. The van der Waals surface area contributed by atoms with Crippen molar-refractivity contribution in [2.24, 2.45) is 0 Å². The molecule has 1 N–H and O–H groups in total. The van der Waals surface area contributed by atoms with Crippen LogP contribution in [0.4, 0.5) is 0 Å². The number of carbonyl (C=O) groups is 2. The van der Waals surface area contributed by atoms with E-state index in [4.69, 9.17) is 5.11 Å². The van der Waals surface area contributed by atoms with E-state index in [1.165, 1.54) is 18.2 Å². The number of nitrogens with zero attached hydrogens (tertiary/aromatic N) is 2. The molecule has 1 aliphatic rings. The Bertz CT molecular complexity index is 495. The quantitative estimate of drug-likeness (QED) is 0.800. The molecule has 1 aliphatic carbocycles. The fourth-order valence-electron chi connectivity index (χ4n) is 1.74. The number of carboxylic acid groups (broad SMARTS) is 1. The van der Waals surface area contributed by atoms with Crippen molar-refractivity contribution in [3.8, 4) is 0 Å². The van der Waals surface area contributed by atoms with E-state index in [2.05, 4.69) is 11.6 Å². The molecule has 0 aliphatic heterocycles. The highest BCUT2D eigenvalue weighted by molar-refractivity contribution is 5.94. The summed E-state index contributed by atoms with van der Waals surface area (Å²) in [7, 11) is 0. The van der Waals surface area contributed by atoms with E-state index in [1.807, 2.05) is 0 Å². The third-order valence-electron chi connectivity index (χ3n) is 2.76. The van der Waals surface area contributed by atoms with Crippen molar-refractivity contribution in [3.63, 3.8) is 0 Å². The molecule has 0 saturated heterocycles. The zero-order valence-corrected chi connectivity index (χ0v) is 9.87. The standard InChI is InChI=1S/C13H14N2O3/c1-2-8-15(9-6-7-9)12(16)10-4-3-5-11(14-10)13(17)18/h2-5,9H,1,6-8H2,(H,17,18). The minimum absolute atomic E-state index is 0.116. The lowest BCUT2D eigenvalue weighted by Gasteiger charge is -2.20. The lowest BCUT2D eigenvalue weighted by atomic mass is 10.2. The average molecular weight is 246 g/mol. The number of rotatable bonds is 5. The first-order valence-corrected chi connectivity index (χ1v) is 5.75. The van der Waals surface area contributed by atoms with Gasteiger partial charge in [0.15, 0.2) is 0 Å². The van der Waals surface area contributed by atoms with Gasteiger partial charge < -0.3 is 10.0 Å². The van der Waals surface area contributed by atoms with Gasteiger partial charge in [-0.3, -0.25) is 4.79 Å². The Kier molecular flexibility index (Phi) is 3.41. The summed E-state index contributed by atoms with van der Waals surface area (Å²) in [6, 6.07) is 4.68. The normalized spacial score (nSPS) is 14.0. The molecule has 0 atom stereocenters. The van der Waals surface area contributed by atoms with E-state index in [0.717, 1.165) is 12.8 Å². The number of carbonyl (C=O) groups excluding carboxylic acids is 1. The monoisotopic (exact) mass is 246 g/mol. The zero-order chi connectivity index (χ0) is 13.1. The third-order valence-corrected chi connectivity index (χ3v) is 2.76. The van der Waals surface area contributed by atoms with E-state index < -0.39 is 5.97 Å².